The molecule has 0 amide bonds. The van der Waals surface area contributed by atoms with Crippen LogP contribution in [0.15, 0.2) is 83.9 Å². The second-order valence-corrected chi connectivity index (χ2v) is 6.31. The normalized spacial score (nSPS) is 12.1. The van der Waals surface area contributed by atoms with E-state index in [1.54, 1.807) is 0 Å². The van der Waals surface area contributed by atoms with Crippen molar-refractivity contribution < 1.29 is 13.2 Å². The van der Waals surface area contributed by atoms with E-state index in [1.165, 1.54) is 12.1 Å². The smallest absolute Gasteiger partial charge is 0.378 e. The van der Waals surface area contributed by atoms with Crippen molar-refractivity contribution in [3.8, 4) is 0 Å². The molecule has 0 unspecified atom stereocenters. The van der Waals surface area contributed by atoms with Gasteiger partial charge in [-0.3, -0.25) is 0 Å². The first kappa shape index (κ1) is 18.7. The van der Waals surface area contributed by atoms with Gasteiger partial charge in [0.1, 0.15) is 0 Å². The highest BCUT2D eigenvalue weighted by atomic mass is 19.4. The van der Waals surface area contributed by atoms with Crippen molar-refractivity contribution in [2.75, 3.05) is 19.0 Å². The van der Waals surface area contributed by atoms with E-state index in [-0.39, 0.29) is 0 Å². The van der Waals surface area contributed by atoms with Crippen LogP contribution in [0.4, 0.5) is 24.5 Å². The molecule has 0 bridgehead atoms. The molecule has 2 nitrogen and oxygen atoms in total. The van der Waals surface area contributed by atoms with Crippen molar-refractivity contribution in [3.63, 3.8) is 0 Å². The van der Waals surface area contributed by atoms with Gasteiger partial charge in [0.2, 0.25) is 0 Å². The Kier molecular flexibility index (Phi) is 5.31. The molecule has 0 radical (unpaired) electrons. The molecule has 0 aliphatic rings. The molecule has 3 rings (SSSR count). The highest BCUT2D eigenvalue weighted by Crippen LogP contribution is 2.30. The zero-order valence-corrected chi connectivity index (χ0v) is 15.0. The van der Waals surface area contributed by atoms with Crippen LogP contribution >= 0.6 is 0 Å². The molecule has 0 saturated carbocycles. The topological polar surface area (TPSA) is 15.6 Å². The number of hydrogen-bond donors (Lipinski definition) is 0. The van der Waals surface area contributed by atoms with Gasteiger partial charge in [0.25, 0.3) is 0 Å². The highest BCUT2D eigenvalue weighted by Gasteiger charge is 2.30. The molecule has 3 aromatic carbocycles. The van der Waals surface area contributed by atoms with Gasteiger partial charge in [0, 0.05) is 30.9 Å². The average Bonchev–Trinajstić information content (AvgIpc) is 2.66. The van der Waals surface area contributed by atoms with Crippen LogP contribution < -0.4 is 4.90 Å². The molecule has 3 aromatic rings. The van der Waals surface area contributed by atoms with Crippen LogP contribution in [0.2, 0.25) is 0 Å². The number of alkyl halides is 3. The molecule has 0 heterocycles. The summed E-state index contributed by atoms with van der Waals surface area (Å²) in [5.74, 6) is 0. The third-order valence-corrected chi connectivity index (χ3v) is 4.14. The van der Waals surface area contributed by atoms with Crippen LogP contribution in [0.1, 0.15) is 16.7 Å². The van der Waals surface area contributed by atoms with Gasteiger partial charge in [0.05, 0.1) is 17.0 Å². The summed E-state index contributed by atoms with van der Waals surface area (Å²) in [5.41, 5.74) is 3.21. The first-order chi connectivity index (χ1) is 12.8. The van der Waals surface area contributed by atoms with Gasteiger partial charge in [-0.1, -0.05) is 42.5 Å². The number of halogens is 3. The number of hydrogen-bond acceptors (Lipinski definition) is 2. The van der Waals surface area contributed by atoms with Crippen molar-refractivity contribution in [2.45, 2.75) is 6.18 Å². The first-order valence-corrected chi connectivity index (χ1v) is 8.44. The second kappa shape index (κ2) is 7.66. The Balaban J connectivity index is 2.04. The molecular formula is C22H19F3N2. The van der Waals surface area contributed by atoms with Gasteiger partial charge >= 0.3 is 6.18 Å². The van der Waals surface area contributed by atoms with Crippen molar-refractivity contribution in [1.29, 1.82) is 0 Å². The lowest BCUT2D eigenvalue weighted by Crippen LogP contribution is -2.08. The summed E-state index contributed by atoms with van der Waals surface area (Å²) in [6, 6.07) is 22.2. The lowest BCUT2D eigenvalue weighted by molar-refractivity contribution is -0.137. The number of anilines is 1. The van der Waals surface area contributed by atoms with Gasteiger partial charge in [-0.15, -0.1) is 0 Å². The molecule has 27 heavy (non-hydrogen) atoms. The van der Waals surface area contributed by atoms with Gasteiger partial charge in [-0.25, -0.2) is 4.99 Å². The van der Waals surface area contributed by atoms with E-state index >= 15 is 0 Å². The van der Waals surface area contributed by atoms with Crippen LogP contribution in [-0.4, -0.2) is 19.8 Å². The van der Waals surface area contributed by atoms with E-state index in [9.17, 15) is 13.2 Å². The van der Waals surface area contributed by atoms with Gasteiger partial charge in [-0.05, 0) is 36.4 Å². The van der Waals surface area contributed by atoms with Crippen LogP contribution in [0.5, 0.6) is 0 Å². The number of rotatable bonds is 4. The van der Waals surface area contributed by atoms with E-state index in [1.807, 2.05) is 73.6 Å². The monoisotopic (exact) mass is 368 g/mol. The summed E-state index contributed by atoms with van der Waals surface area (Å²) < 4.78 is 38.6. The maximum Gasteiger partial charge on any atom is 0.416 e. The summed E-state index contributed by atoms with van der Waals surface area (Å²) in [5, 5.41) is 0. The standard InChI is InChI=1S/C22H19F3N2/c1-27(2)20-14-12-19(13-15-20)26-21(16-6-4-3-5-7-16)17-8-10-18(11-9-17)22(23,24)25/h3-15H,1-2H3. The zero-order chi connectivity index (χ0) is 19.4. The average molecular weight is 368 g/mol. The van der Waals surface area contributed by atoms with E-state index in [0.717, 1.165) is 29.1 Å². The van der Waals surface area contributed by atoms with Crippen molar-refractivity contribution >= 4 is 17.1 Å². The van der Waals surface area contributed by atoms with Crippen molar-refractivity contribution in [3.05, 3.63) is 95.6 Å². The molecule has 138 valence electrons. The van der Waals surface area contributed by atoms with E-state index in [2.05, 4.69) is 0 Å². The second-order valence-electron chi connectivity index (χ2n) is 6.31. The summed E-state index contributed by atoms with van der Waals surface area (Å²) in [6.07, 6.45) is -4.36. The van der Waals surface area contributed by atoms with Crippen LogP contribution in [0.3, 0.4) is 0 Å². The Labute approximate surface area is 156 Å². The van der Waals surface area contributed by atoms with Gasteiger partial charge in [0.15, 0.2) is 0 Å². The molecule has 0 aromatic heterocycles. The highest BCUT2D eigenvalue weighted by molar-refractivity contribution is 6.14. The fourth-order valence-electron chi connectivity index (χ4n) is 2.66. The van der Waals surface area contributed by atoms with Crippen LogP contribution in [0.25, 0.3) is 0 Å². The molecule has 0 N–H and O–H groups in total. The number of nitrogens with zero attached hydrogens (tertiary/aromatic N) is 2. The maximum atomic E-state index is 12.9. The lowest BCUT2D eigenvalue weighted by Gasteiger charge is -2.13. The Bertz CT molecular complexity index is 911. The molecule has 5 heteroatoms. The maximum absolute atomic E-state index is 12.9. The SMILES string of the molecule is CN(C)c1ccc(N=C(c2ccccc2)c2ccc(C(F)(F)F)cc2)cc1. The molecule has 0 atom stereocenters. The summed E-state index contributed by atoms with van der Waals surface area (Å²) in [7, 11) is 3.91. The molecule has 0 fully saturated rings. The fourth-order valence-corrected chi connectivity index (χ4v) is 2.66. The fraction of sp³-hybridized carbons (Fsp3) is 0.136. The van der Waals surface area contributed by atoms with Gasteiger partial charge < -0.3 is 4.90 Å². The van der Waals surface area contributed by atoms with Crippen molar-refractivity contribution in [1.82, 2.24) is 0 Å². The Hall–Kier alpha value is -3.08. The predicted molar refractivity (Wildman–Crippen MR) is 104 cm³/mol. The summed E-state index contributed by atoms with van der Waals surface area (Å²) in [4.78, 5) is 6.70. The Morgan fingerprint density at radius 2 is 1.30 bits per heavy atom. The number of aliphatic imine (C=N–C) groups is 1. The minimum absolute atomic E-state index is 0.627. The summed E-state index contributed by atoms with van der Waals surface area (Å²) in [6.45, 7) is 0. The first-order valence-electron chi connectivity index (χ1n) is 8.44. The third kappa shape index (κ3) is 4.56. The van der Waals surface area contributed by atoms with Crippen LogP contribution in [0, 0.1) is 0 Å². The Morgan fingerprint density at radius 3 is 1.81 bits per heavy atom. The van der Waals surface area contributed by atoms with Crippen molar-refractivity contribution in [2.24, 2.45) is 4.99 Å². The minimum Gasteiger partial charge on any atom is -0.378 e. The van der Waals surface area contributed by atoms with E-state index in [0.29, 0.717) is 11.3 Å². The molecule has 0 spiro atoms. The summed E-state index contributed by atoms with van der Waals surface area (Å²) >= 11 is 0. The van der Waals surface area contributed by atoms with Gasteiger partial charge in [-0.2, -0.15) is 13.2 Å². The largest absolute Gasteiger partial charge is 0.416 e. The lowest BCUT2D eigenvalue weighted by atomic mass is 10.0. The zero-order valence-electron chi connectivity index (χ0n) is 15.0. The number of benzene rings is 3. The van der Waals surface area contributed by atoms with Crippen LogP contribution in [-0.2, 0) is 6.18 Å². The minimum atomic E-state index is -4.36. The molecule has 0 aliphatic carbocycles. The quantitative estimate of drug-likeness (QED) is 0.520. The third-order valence-electron chi connectivity index (χ3n) is 4.14. The predicted octanol–water partition coefficient (Wildman–Crippen LogP) is 5.94. The van der Waals surface area contributed by atoms with E-state index in [4.69, 9.17) is 4.99 Å². The molecule has 0 saturated heterocycles. The van der Waals surface area contributed by atoms with E-state index < -0.39 is 11.7 Å². The Morgan fingerprint density at radius 1 is 0.741 bits per heavy atom. The molecule has 0 aliphatic heterocycles. The molecular weight excluding hydrogens is 349 g/mol.